The van der Waals surface area contributed by atoms with Crippen molar-refractivity contribution < 1.29 is 14.4 Å². The largest absolute Gasteiger partial charge is 0.365 e. The van der Waals surface area contributed by atoms with E-state index in [1.165, 1.54) is 23.7 Å². The third-order valence-electron chi connectivity index (χ3n) is 4.70. The van der Waals surface area contributed by atoms with Crippen LogP contribution in [0.15, 0.2) is 42.7 Å². The van der Waals surface area contributed by atoms with Crippen LogP contribution in [0.1, 0.15) is 24.1 Å². The van der Waals surface area contributed by atoms with Crippen molar-refractivity contribution in [3.8, 4) is 0 Å². The van der Waals surface area contributed by atoms with Gasteiger partial charge in [-0.1, -0.05) is 18.2 Å². The Morgan fingerprint density at radius 2 is 2.18 bits per heavy atom. The summed E-state index contributed by atoms with van der Waals surface area (Å²) in [6.07, 6.45) is 8.62. The number of rotatable bonds is 7. The van der Waals surface area contributed by atoms with Crippen LogP contribution in [-0.2, 0) is 11.2 Å². The summed E-state index contributed by atoms with van der Waals surface area (Å²) >= 11 is 0. The summed E-state index contributed by atoms with van der Waals surface area (Å²) in [6.45, 7) is 2.70. The number of anilines is 1. The van der Waals surface area contributed by atoms with Crippen LogP contribution >= 0.6 is 0 Å². The maximum atomic E-state index is 13.8. The van der Waals surface area contributed by atoms with Crippen LogP contribution in [0, 0.1) is 5.82 Å². The zero-order valence-corrected chi connectivity index (χ0v) is 15.5. The molecule has 148 valence electrons. The lowest BCUT2D eigenvalue weighted by Gasteiger charge is -2.33. The lowest BCUT2D eigenvalue weighted by Crippen LogP contribution is -2.43. The van der Waals surface area contributed by atoms with E-state index in [0.29, 0.717) is 17.9 Å². The molecule has 1 amide bonds. The predicted octanol–water partition coefficient (Wildman–Crippen LogP) is 2.25. The Morgan fingerprint density at radius 1 is 1.32 bits per heavy atom. The van der Waals surface area contributed by atoms with E-state index in [-0.39, 0.29) is 11.9 Å². The first-order chi connectivity index (χ1) is 13.6. The molecule has 1 aromatic heterocycles. The highest BCUT2D eigenvalue weighted by atomic mass is 19.1. The number of aromatic nitrogens is 2. The number of benzene rings is 1. The Kier molecular flexibility index (Phi) is 7.05. The van der Waals surface area contributed by atoms with Crippen LogP contribution in [0.2, 0.25) is 0 Å². The SMILES string of the molecule is O=C(/C=C/c1cnc(N[C@@H]2CCCN(CCc3ccccc3F)C2)cn1)NO. The number of amides is 1. The van der Waals surface area contributed by atoms with Gasteiger partial charge in [-0.3, -0.25) is 15.0 Å². The molecule has 0 bridgehead atoms. The van der Waals surface area contributed by atoms with E-state index in [1.54, 1.807) is 18.5 Å². The topological polar surface area (TPSA) is 90.4 Å². The predicted molar refractivity (Wildman–Crippen MR) is 104 cm³/mol. The number of carbonyl (C=O) groups is 1. The molecule has 0 unspecified atom stereocenters. The summed E-state index contributed by atoms with van der Waals surface area (Å²) in [4.78, 5) is 21.9. The second-order valence-electron chi connectivity index (χ2n) is 6.76. The normalized spacial score (nSPS) is 17.6. The van der Waals surface area contributed by atoms with Gasteiger partial charge in [0, 0.05) is 25.2 Å². The van der Waals surface area contributed by atoms with Gasteiger partial charge < -0.3 is 10.2 Å². The lowest BCUT2D eigenvalue weighted by molar-refractivity contribution is -0.124. The fraction of sp³-hybridized carbons (Fsp3) is 0.350. The van der Waals surface area contributed by atoms with Crippen molar-refractivity contribution in [2.75, 3.05) is 25.0 Å². The third-order valence-corrected chi connectivity index (χ3v) is 4.70. The molecular weight excluding hydrogens is 361 g/mol. The number of nitrogens with one attached hydrogen (secondary N) is 2. The Morgan fingerprint density at radius 3 is 2.93 bits per heavy atom. The highest BCUT2D eigenvalue weighted by Gasteiger charge is 2.20. The minimum absolute atomic E-state index is 0.143. The van der Waals surface area contributed by atoms with E-state index < -0.39 is 5.91 Å². The Bertz CT molecular complexity index is 812. The van der Waals surface area contributed by atoms with Crippen molar-refractivity contribution in [3.05, 3.63) is 59.8 Å². The van der Waals surface area contributed by atoms with Crippen molar-refractivity contribution in [2.45, 2.75) is 25.3 Å². The number of hydrogen-bond acceptors (Lipinski definition) is 6. The maximum absolute atomic E-state index is 13.8. The van der Waals surface area contributed by atoms with Gasteiger partial charge in [0.05, 0.1) is 18.1 Å². The summed E-state index contributed by atoms with van der Waals surface area (Å²) < 4.78 is 13.8. The second kappa shape index (κ2) is 9.91. The number of carbonyl (C=O) groups excluding carboxylic acids is 1. The third kappa shape index (κ3) is 5.83. The summed E-state index contributed by atoms with van der Waals surface area (Å²) in [7, 11) is 0. The number of likely N-dealkylation sites (tertiary alicyclic amines) is 1. The molecule has 1 aliphatic heterocycles. The fourth-order valence-electron chi connectivity index (χ4n) is 3.26. The van der Waals surface area contributed by atoms with Crippen LogP contribution in [0.3, 0.4) is 0 Å². The molecule has 1 fully saturated rings. The van der Waals surface area contributed by atoms with E-state index in [4.69, 9.17) is 5.21 Å². The number of hydrogen-bond donors (Lipinski definition) is 3. The molecule has 0 saturated carbocycles. The minimum atomic E-state index is -0.623. The molecule has 28 heavy (non-hydrogen) atoms. The number of hydroxylamine groups is 1. The van der Waals surface area contributed by atoms with Crippen molar-refractivity contribution in [3.63, 3.8) is 0 Å². The molecule has 1 aromatic carbocycles. The minimum Gasteiger partial charge on any atom is -0.365 e. The first-order valence-corrected chi connectivity index (χ1v) is 9.30. The zero-order chi connectivity index (χ0) is 19.8. The lowest BCUT2D eigenvalue weighted by atomic mass is 10.0. The standard InChI is InChI=1S/C20H24FN5O2/c21-18-6-2-1-4-15(18)9-11-26-10-3-5-17(14-26)24-19-13-22-16(12-23-19)7-8-20(27)25-28/h1-2,4,6-8,12-13,17,28H,3,5,9-11,14H2,(H,23,24)(H,25,27)/b8-7+/t17-/m1/s1. The van der Waals surface area contributed by atoms with E-state index in [1.807, 2.05) is 12.1 Å². The van der Waals surface area contributed by atoms with Crippen LogP contribution in [0.5, 0.6) is 0 Å². The Balaban J connectivity index is 1.50. The quantitative estimate of drug-likeness (QED) is 0.385. The molecule has 1 atom stereocenters. The Labute approximate surface area is 163 Å². The zero-order valence-electron chi connectivity index (χ0n) is 15.5. The number of nitrogens with zero attached hydrogens (tertiary/aromatic N) is 3. The molecule has 2 heterocycles. The van der Waals surface area contributed by atoms with E-state index in [2.05, 4.69) is 20.2 Å². The molecule has 0 aliphatic carbocycles. The van der Waals surface area contributed by atoms with Crippen molar-refractivity contribution in [2.24, 2.45) is 0 Å². The molecule has 3 rings (SSSR count). The fourth-order valence-corrected chi connectivity index (χ4v) is 3.26. The first kappa shape index (κ1) is 19.9. The van der Waals surface area contributed by atoms with E-state index in [0.717, 1.165) is 38.0 Å². The van der Waals surface area contributed by atoms with E-state index in [9.17, 15) is 9.18 Å². The number of piperidine rings is 1. The van der Waals surface area contributed by atoms with Gasteiger partial charge in [-0.2, -0.15) is 0 Å². The van der Waals surface area contributed by atoms with Crippen LogP contribution < -0.4 is 10.8 Å². The van der Waals surface area contributed by atoms with Crippen LogP contribution in [-0.4, -0.2) is 51.7 Å². The van der Waals surface area contributed by atoms with Gasteiger partial charge in [-0.25, -0.2) is 14.9 Å². The summed E-state index contributed by atoms with van der Waals surface area (Å²) in [6, 6.07) is 7.18. The highest BCUT2D eigenvalue weighted by molar-refractivity contribution is 5.90. The summed E-state index contributed by atoms with van der Waals surface area (Å²) in [5.41, 5.74) is 2.79. The number of halogens is 1. The van der Waals surface area contributed by atoms with Gasteiger partial charge in [0.15, 0.2) is 0 Å². The molecule has 0 spiro atoms. The molecular formula is C20H24FN5O2. The molecule has 2 aromatic rings. The van der Waals surface area contributed by atoms with Gasteiger partial charge in [-0.15, -0.1) is 0 Å². The van der Waals surface area contributed by atoms with Gasteiger partial charge in [-0.05, 0) is 43.5 Å². The average Bonchev–Trinajstić information content (AvgIpc) is 2.73. The molecule has 8 heteroatoms. The average molecular weight is 385 g/mol. The van der Waals surface area contributed by atoms with Crippen molar-refractivity contribution >= 4 is 17.8 Å². The summed E-state index contributed by atoms with van der Waals surface area (Å²) in [5, 5.41) is 11.8. The van der Waals surface area contributed by atoms with Gasteiger partial charge in [0.25, 0.3) is 5.91 Å². The Hall–Kier alpha value is -2.84. The molecule has 0 radical (unpaired) electrons. The van der Waals surface area contributed by atoms with Gasteiger partial charge in [0.2, 0.25) is 0 Å². The molecule has 3 N–H and O–H groups in total. The van der Waals surface area contributed by atoms with E-state index >= 15 is 0 Å². The van der Waals surface area contributed by atoms with Crippen molar-refractivity contribution in [1.29, 1.82) is 0 Å². The summed E-state index contributed by atoms with van der Waals surface area (Å²) in [5.74, 6) is -0.0959. The first-order valence-electron chi connectivity index (χ1n) is 9.30. The molecule has 1 aliphatic rings. The molecule has 7 nitrogen and oxygen atoms in total. The van der Waals surface area contributed by atoms with Crippen molar-refractivity contribution in [1.82, 2.24) is 20.3 Å². The highest BCUT2D eigenvalue weighted by Crippen LogP contribution is 2.16. The van der Waals surface area contributed by atoms with Gasteiger partial charge in [0.1, 0.15) is 11.6 Å². The monoisotopic (exact) mass is 385 g/mol. The van der Waals surface area contributed by atoms with Crippen LogP contribution in [0.25, 0.3) is 6.08 Å². The van der Waals surface area contributed by atoms with Crippen LogP contribution in [0.4, 0.5) is 10.2 Å². The smallest absolute Gasteiger partial charge is 0.267 e. The second-order valence-corrected chi connectivity index (χ2v) is 6.76. The molecule has 1 saturated heterocycles. The van der Waals surface area contributed by atoms with Gasteiger partial charge >= 0.3 is 0 Å². The maximum Gasteiger partial charge on any atom is 0.267 e.